The zero-order valence-electron chi connectivity index (χ0n) is 24.2. The lowest BCUT2D eigenvalue weighted by Gasteiger charge is -2.26. The summed E-state index contributed by atoms with van der Waals surface area (Å²) >= 11 is 0. The van der Waals surface area contributed by atoms with Gasteiger partial charge in [-0.25, -0.2) is 0 Å². The number of benzene rings is 3. The number of nitrogens with two attached hydrogens (primary N) is 1. The molecule has 39 heavy (non-hydrogen) atoms. The fourth-order valence-corrected chi connectivity index (χ4v) is 3.74. The maximum Gasteiger partial charge on any atom is 0.242 e. The highest BCUT2D eigenvalue weighted by atomic mass is 16.5. The van der Waals surface area contributed by atoms with Gasteiger partial charge in [0.2, 0.25) is 11.8 Å². The fourth-order valence-electron chi connectivity index (χ4n) is 3.74. The van der Waals surface area contributed by atoms with Gasteiger partial charge in [-0.05, 0) is 36.2 Å². The van der Waals surface area contributed by atoms with E-state index < -0.39 is 0 Å². The van der Waals surface area contributed by atoms with Gasteiger partial charge in [0, 0.05) is 31.4 Å². The maximum absolute atomic E-state index is 12.6. The average Bonchev–Trinajstić information content (AvgIpc) is 3.46. The first-order valence-electron chi connectivity index (χ1n) is 13.8. The van der Waals surface area contributed by atoms with Crippen molar-refractivity contribution in [3.8, 4) is 5.75 Å². The Labute approximate surface area is 235 Å². The molecule has 7 heteroatoms. The minimum atomic E-state index is -0.117. The van der Waals surface area contributed by atoms with Crippen LogP contribution >= 0.6 is 0 Å². The predicted molar refractivity (Wildman–Crippen MR) is 162 cm³/mol. The van der Waals surface area contributed by atoms with E-state index in [1.165, 1.54) is 0 Å². The topological polar surface area (TPSA) is 87.9 Å². The van der Waals surface area contributed by atoms with E-state index in [0.717, 1.165) is 23.4 Å². The fraction of sp³-hybridized carbons (Fsp3) is 0.375. The van der Waals surface area contributed by atoms with E-state index in [9.17, 15) is 9.59 Å². The first-order valence-corrected chi connectivity index (χ1v) is 13.8. The summed E-state index contributed by atoms with van der Waals surface area (Å²) in [6, 6.07) is 29.0. The van der Waals surface area contributed by atoms with Gasteiger partial charge in [0.15, 0.2) is 0 Å². The maximum atomic E-state index is 12.6. The van der Waals surface area contributed by atoms with Crippen LogP contribution in [0.1, 0.15) is 39.7 Å². The summed E-state index contributed by atoms with van der Waals surface area (Å²) in [6.07, 6.45) is 0.828. The van der Waals surface area contributed by atoms with Crippen molar-refractivity contribution in [1.82, 2.24) is 10.2 Å². The van der Waals surface area contributed by atoms with E-state index in [-0.39, 0.29) is 30.9 Å². The van der Waals surface area contributed by atoms with Gasteiger partial charge < -0.3 is 25.6 Å². The van der Waals surface area contributed by atoms with Crippen LogP contribution in [0.15, 0.2) is 91.0 Å². The molecule has 3 aromatic rings. The molecule has 3 N–H and O–H groups in total. The van der Waals surface area contributed by atoms with E-state index >= 15 is 0 Å². The number of ether oxygens (including phenoxy) is 1. The SMILES string of the molecule is CC.CC.COc1ccccc1.N[C@H]1CCN(C(=O)CN(CC(=O)NCc2ccccc2)c2ccccc2)C1. The molecule has 1 aliphatic rings. The van der Waals surface area contributed by atoms with Crippen molar-refractivity contribution < 1.29 is 14.3 Å². The van der Waals surface area contributed by atoms with Gasteiger partial charge in [-0.2, -0.15) is 0 Å². The van der Waals surface area contributed by atoms with Crippen LogP contribution in [0.25, 0.3) is 0 Å². The molecular formula is C32H46N4O3. The number of nitrogens with zero attached hydrogens (tertiary/aromatic N) is 2. The predicted octanol–water partition coefficient (Wildman–Crippen LogP) is 5.12. The molecule has 3 aromatic carbocycles. The summed E-state index contributed by atoms with van der Waals surface area (Å²) in [5.74, 6) is 0.795. The van der Waals surface area contributed by atoms with Crippen molar-refractivity contribution in [1.29, 1.82) is 0 Å². The third-order valence-corrected chi connectivity index (χ3v) is 5.67. The number of rotatable bonds is 8. The summed E-state index contributed by atoms with van der Waals surface area (Å²) in [5.41, 5.74) is 7.80. The second-order valence-corrected chi connectivity index (χ2v) is 8.36. The molecule has 1 fully saturated rings. The number of anilines is 1. The number of amides is 2. The first-order chi connectivity index (χ1) is 19.0. The lowest BCUT2D eigenvalue weighted by atomic mass is 10.2. The van der Waals surface area contributed by atoms with Gasteiger partial charge in [-0.15, -0.1) is 0 Å². The third-order valence-electron chi connectivity index (χ3n) is 5.67. The number of hydrogen-bond donors (Lipinski definition) is 2. The van der Waals surface area contributed by atoms with Crippen LogP contribution in [0.5, 0.6) is 5.75 Å². The normalized spacial score (nSPS) is 13.3. The summed E-state index contributed by atoms with van der Waals surface area (Å²) in [5, 5.41) is 2.92. The summed E-state index contributed by atoms with van der Waals surface area (Å²) in [7, 11) is 1.66. The molecule has 0 radical (unpaired) electrons. The number of likely N-dealkylation sites (tertiary alicyclic amines) is 1. The molecule has 0 bridgehead atoms. The molecule has 1 saturated heterocycles. The molecule has 4 rings (SSSR count). The van der Waals surface area contributed by atoms with Crippen LogP contribution in [-0.4, -0.2) is 56.0 Å². The molecule has 1 aliphatic heterocycles. The molecule has 1 atom stereocenters. The number of para-hydroxylation sites is 2. The lowest BCUT2D eigenvalue weighted by Crippen LogP contribution is -2.44. The second kappa shape index (κ2) is 20.2. The van der Waals surface area contributed by atoms with Gasteiger partial charge in [-0.3, -0.25) is 9.59 Å². The van der Waals surface area contributed by atoms with E-state index in [1.807, 2.05) is 124 Å². The molecule has 2 amide bonds. The molecule has 212 valence electrons. The molecule has 7 nitrogen and oxygen atoms in total. The van der Waals surface area contributed by atoms with Crippen LogP contribution in [0.4, 0.5) is 5.69 Å². The van der Waals surface area contributed by atoms with Crippen molar-refractivity contribution in [2.45, 2.75) is 46.7 Å². The van der Waals surface area contributed by atoms with Gasteiger partial charge in [0.1, 0.15) is 5.75 Å². The van der Waals surface area contributed by atoms with Gasteiger partial charge in [-0.1, -0.05) is 94.4 Å². The van der Waals surface area contributed by atoms with Crippen molar-refractivity contribution in [3.63, 3.8) is 0 Å². The molecule has 0 saturated carbocycles. The summed E-state index contributed by atoms with van der Waals surface area (Å²) < 4.78 is 4.91. The Kier molecular flexibility index (Phi) is 17.2. The lowest BCUT2D eigenvalue weighted by molar-refractivity contribution is -0.128. The van der Waals surface area contributed by atoms with E-state index in [1.54, 1.807) is 12.0 Å². The van der Waals surface area contributed by atoms with E-state index in [4.69, 9.17) is 10.5 Å². The Bertz CT molecular complexity index is 1030. The highest BCUT2D eigenvalue weighted by molar-refractivity contribution is 5.86. The molecule has 0 unspecified atom stereocenters. The quantitative estimate of drug-likeness (QED) is 0.419. The molecule has 1 heterocycles. The number of methoxy groups -OCH3 is 1. The highest BCUT2D eigenvalue weighted by Gasteiger charge is 2.25. The van der Waals surface area contributed by atoms with Crippen LogP contribution in [0, 0.1) is 0 Å². The van der Waals surface area contributed by atoms with E-state index in [0.29, 0.717) is 19.6 Å². The largest absolute Gasteiger partial charge is 0.497 e. The van der Waals surface area contributed by atoms with Gasteiger partial charge >= 0.3 is 0 Å². The monoisotopic (exact) mass is 534 g/mol. The molecule has 0 spiro atoms. The Morgan fingerprint density at radius 2 is 1.41 bits per heavy atom. The van der Waals surface area contributed by atoms with Gasteiger partial charge in [0.25, 0.3) is 0 Å². The van der Waals surface area contributed by atoms with Crippen molar-refractivity contribution >= 4 is 17.5 Å². The summed E-state index contributed by atoms with van der Waals surface area (Å²) in [6.45, 7) is 10.0. The first kappa shape index (κ1) is 33.2. The molecule has 0 aromatic heterocycles. The standard InChI is InChI=1S/C21H26N4O2.C7H8O.2C2H6/c22-18-11-12-24(14-18)21(27)16-25(19-9-5-2-6-10-19)15-20(26)23-13-17-7-3-1-4-8-17;1-8-7-5-3-2-4-6-7;2*1-2/h1-10,18H,11-16,22H2,(H,23,26);2-6H,1H3;2*1-2H3/t18-;;;/m0.../s1. The Balaban J connectivity index is 0.000000532. The molecule has 0 aliphatic carbocycles. The van der Waals surface area contributed by atoms with Crippen LogP contribution < -0.4 is 20.7 Å². The summed E-state index contributed by atoms with van der Waals surface area (Å²) in [4.78, 5) is 28.7. The third kappa shape index (κ3) is 13.0. The smallest absolute Gasteiger partial charge is 0.242 e. The Morgan fingerprint density at radius 1 is 0.872 bits per heavy atom. The van der Waals surface area contributed by atoms with Crippen LogP contribution in [0.2, 0.25) is 0 Å². The number of carbonyl (C=O) groups is 2. The Hall–Kier alpha value is -3.84. The zero-order valence-corrected chi connectivity index (χ0v) is 24.2. The van der Waals surface area contributed by atoms with E-state index in [2.05, 4.69) is 5.32 Å². The number of hydrogen-bond acceptors (Lipinski definition) is 5. The van der Waals surface area contributed by atoms with Crippen LogP contribution in [-0.2, 0) is 16.1 Å². The second-order valence-electron chi connectivity index (χ2n) is 8.36. The van der Waals surface area contributed by atoms with Crippen molar-refractivity contribution in [3.05, 3.63) is 96.6 Å². The number of carbonyl (C=O) groups excluding carboxylic acids is 2. The van der Waals surface area contributed by atoms with Crippen LogP contribution in [0.3, 0.4) is 0 Å². The Morgan fingerprint density at radius 3 is 1.90 bits per heavy atom. The van der Waals surface area contributed by atoms with Crippen molar-refractivity contribution in [2.24, 2.45) is 5.73 Å². The average molecular weight is 535 g/mol. The minimum Gasteiger partial charge on any atom is -0.497 e. The zero-order chi connectivity index (χ0) is 28.9. The minimum absolute atomic E-state index is 0.00247. The molecular weight excluding hydrogens is 488 g/mol. The van der Waals surface area contributed by atoms with Crippen molar-refractivity contribution in [2.75, 3.05) is 38.2 Å². The number of nitrogens with one attached hydrogen (secondary N) is 1. The van der Waals surface area contributed by atoms with Gasteiger partial charge in [0.05, 0.1) is 20.2 Å². The highest BCUT2D eigenvalue weighted by Crippen LogP contribution is 2.15.